The van der Waals surface area contributed by atoms with Gasteiger partial charge in [-0.2, -0.15) is 17.9 Å². The van der Waals surface area contributed by atoms with Crippen molar-refractivity contribution in [1.82, 2.24) is 0 Å². The van der Waals surface area contributed by atoms with E-state index in [4.69, 9.17) is 10.4 Å². The molecule has 0 heterocycles. The van der Waals surface area contributed by atoms with E-state index in [1.807, 2.05) is 0 Å². The molecule has 2 atom stereocenters. The molecule has 0 aromatic rings. The lowest BCUT2D eigenvalue weighted by Crippen LogP contribution is -2.15. The molecule has 2 nitrogen and oxygen atoms in total. The van der Waals surface area contributed by atoms with Crippen LogP contribution in [0.5, 0.6) is 0 Å². The predicted octanol–water partition coefficient (Wildman–Crippen LogP) is 0.437. The van der Waals surface area contributed by atoms with E-state index in [1.54, 1.807) is 13.0 Å². The number of nitrogens with zero attached hydrogens (tertiary/aromatic N) is 1. The van der Waals surface area contributed by atoms with E-state index >= 15 is 0 Å². The van der Waals surface area contributed by atoms with Crippen molar-refractivity contribution in [2.24, 2.45) is 5.92 Å². The Morgan fingerprint density at radius 3 is 2.50 bits per heavy atom. The smallest absolute Gasteiger partial charge is 0.143 e. The monoisotopic (exact) mass is 131 g/mol. The van der Waals surface area contributed by atoms with Crippen molar-refractivity contribution in [2.75, 3.05) is 5.75 Å². The third kappa shape index (κ3) is 2.20. The quantitative estimate of drug-likeness (QED) is 0.422. The van der Waals surface area contributed by atoms with Crippen LogP contribution < -0.4 is 0 Å². The van der Waals surface area contributed by atoms with E-state index in [2.05, 4.69) is 12.6 Å². The molecule has 0 aliphatic heterocycles. The Kier molecular flexibility index (Phi) is 3.67. The highest BCUT2D eigenvalue weighted by molar-refractivity contribution is 7.80. The molecule has 0 saturated carbocycles. The topological polar surface area (TPSA) is 44.0 Å². The predicted molar refractivity (Wildman–Crippen MR) is 34.6 cm³/mol. The van der Waals surface area contributed by atoms with Gasteiger partial charge in [0.15, 0.2) is 0 Å². The van der Waals surface area contributed by atoms with Gasteiger partial charge < -0.3 is 5.11 Å². The molecular formula is C5H9NOS. The highest BCUT2D eigenvalue weighted by Crippen LogP contribution is 2.02. The van der Waals surface area contributed by atoms with Crippen molar-refractivity contribution in [3.63, 3.8) is 0 Å². The van der Waals surface area contributed by atoms with Crippen LogP contribution in [-0.2, 0) is 0 Å². The third-order valence-electron chi connectivity index (χ3n) is 0.959. The van der Waals surface area contributed by atoms with Gasteiger partial charge in [0.05, 0.1) is 6.07 Å². The summed E-state index contributed by atoms with van der Waals surface area (Å²) < 4.78 is 0. The summed E-state index contributed by atoms with van der Waals surface area (Å²) in [5.74, 6) is 0.526. The van der Waals surface area contributed by atoms with Crippen LogP contribution in [-0.4, -0.2) is 17.0 Å². The second kappa shape index (κ2) is 3.76. The van der Waals surface area contributed by atoms with Crippen LogP contribution in [0.25, 0.3) is 0 Å². The highest BCUT2D eigenvalue weighted by Gasteiger charge is 2.09. The Bertz CT molecular complexity index is 99.1. The average molecular weight is 131 g/mol. The van der Waals surface area contributed by atoms with Gasteiger partial charge in [-0.3, -0.25) is 0 Å². The first-order valence-electron chi connectivity index (χ1n) is 2.41. The molecule has 0 rings (SSSR count). The number of hydrogen-bond acceptors (Lipinski definition) is 3. The Morgan fingerprint density at radius 2 is 2.38 bits per heavy atom. The van der Waals surface area contributed by atoms with Crippen molar-refractivity contribution >= 4 is 12.6 Å². The maximum atomic E-state index is 8.72. The second-order valence-corrected chi connectivity index (χ2v) is 2.10. The standard InChI is InChI=1S/C5H9NOS/c1-4(3-8)5(7)2-6/h4-5,7-8H,3H2,1H3. The summed E-state index contributed by atoms with van der Waals surface area (Å²) in [7, 11) is 0. The molecule has 1 N–H and O–H groups in total. The SMILES string of the molecule is CC(CS)C(O)C#N. The van der Waals surface area contributed by atoms with Crippen molar-refractivity contribution in [2.45, 2.75) is 13.0 Å². The van der Waals surface area contributed by atoms with E-state index in [0.29, 0.717) is 5.75 Å². The number of thiol groups is 1. The molecule has 0 aromatic carbocycles. The van der Waals surface area contributed by atoms with E-state index in [0.717, 1.165) is 0 Å². The first-order chi connectivity index (χ1) is 3.72. The molecule has 0 spiro atoms. The van der Waals surface area contributed by atoms with Crippen LogP contribution in [0.1, 0.15) is 6.92 Å². The van der Waals surface area contributed by atoms with Gasteiger partial charge in [-0.25, -0.2) is 0 Å². The number of aliphatic hydroxyl groups excluding tert-OH is 1. The van der Waals surface area contributed by atoms with E-state index < -0.39 is 6.10 Å². The van der Waals surface area contributed by atoms with E-state index in [9.17, 15) is 0 Å². The number of nitriles is 1. The summed E-state index contributed by atoms with van der Waals surface area (Å²) in [6.07, 6.45) is -0.854. The molecule has 3 heteroatoms. The molecule has 0 aromatic heterocycles. The van der Waals surface area contributed by atoms with Gasteiger partial charge in [-0.15, -0.1) is 0 Å². The zero-order valence-corrected chi connectivity index (χ0v) is 5.60. The highest BCUT2D eigenvalue weighted by atomic mass is 32.1. The van der Waals surface area contributed by atoms with Crippen molar-refractivity contribution in [3.05, 3.63) is 0 Å². The van der Waals surface area contributed by atoms with Crippen molar-refractivity contribution in [3.8, 4) is 6.07 Å². The van der Waals surface area contributed by atoms with Crippen LogP contribution in [0.4, 0.5) is 0 Å². The second-order valence-electron chi connectivity index (χ2n) is 1.73. The van der Waals surface area contributed by atoms with Crippen LogP contribution in [0.15, 0.2) is 0 Å². The largest absolute Gasteiger partial charge is 0.378 e. The van der Waals surface area contributed by atoms with Gasteiger partial charge in [0.2, 0.25) is 0 Å². The summed E-state index contributed by atoms with van der Waals surface area (Å²) in [5.41, 5.74) is 0. The number of rotatable bonds is 2. The zero-order valence-electron chi connectivity index (χ0n) is 4.70. The zero-order chi connectivity index (χ0) is 6.57. The fourth-order valence-corrected chi connectivity index (χ4v) is 0.427. The number of aliphatic hydroxyl groups is 1. The van der Waals surface area contributed by atoms with E-state index in [1.165, 1.54) is 0 Å². The molecule has 8 heavy (non-hydrogen) atoms. The molecular weight excluding hydrogens is 122 g/mol. The lowest BCUT2D eigenvalue weighted by Gasteiger charge is -2.06. The Balaban J connectivity index is 3.49. The maximum absolute atomic E-state index is 8.72. The Morgan fingerprint density at radius 1 is 1.88 bits per heavy atom. The minimum absolute atomic E-state index is 0.0247. The first-order valence-corrected chi connectivity index (χ1v) is 3.04. The molecule has 0 fully saturated rings. The van der Waals surface area contributed by atoms with Gasteiger partial charge in [0.1, 0.15) is 6.10 Å². The summed E-state index contributed by atoms with van der Waals surface area (Å²) >= 11 is 3.90. The molecule has 46 valence electrons. The van der Waals surface area contributed by atoms with Gasteiger partial charge in [-0.1, -0.05) is 6.92 Å². The summed E-state index contributed by atoms with van der Waals surface area (Å²) in [5, 5.41) is 16.8. The fourth-order valence-electron chi connectivity index (χ4n) is 0.227. The molecule has 0 aliphatic carbocycles. The minimum atomic E-state index is -0.854. The summed E-state index contributed by atoms with van der Waals surface area (Å²) in [6.45, 7) is 1.78. The lowest BCUT2D eigenvalue weighted by atomic mass is 10.1. The first kappa shape index (κ1) is 7.80. The Hall–Kier alpha value is -0.200. The van der Waals surface area contributed by atoms with Crippen LogP contribution in [0.3, 0.4) is 0 Å². The van der Waals surface area contributed by atoms with Gasteiger partial charge >= 0.3 is 0 Å². The molecule has 2 unspecified atom stereocenters. The molecule has 0 radical (unpaired) electrons. The molecule has 0 aliphatic rings. The maximum Gasteiger partial charge on any atom is 0.143 e. The van der Waals surface area contributed by atoms with Crippen LogP contribution in [0, 0.1) is 17.2 Å². The van der Waals surface area contributed by atoms with E-state index in [-0.39, 0.29) is 5.92 Å². The van der Waals surface area contributed by atoms with Gasteiger partial charge in [-0.05, 0) is 5.75 Å². The van der Waals surface area contributed by atoms with Crippen molar-refractivity contribution in [1.29, 1.82) is 5.26 Å². The van der Waals surface area contributed by atoms with Crippen molar-refractivity contribution < 1.29 is 5.11 Å². The minimum Gasteiger partial charge on any atom is -0.378 e. The average Bonchev–Trinajstić information content (AvgIpc) is 1.84. The normalized spacial score (nSPS) is 16.8. The molecule has 0 bridgehead atoms. The third-order valence-corrected chi connectivity index (χ3v) is 1.54. The summed E-state index contributed by atoms with van der Waals surface area (Å²) in [4.78, 5) is 0. The van der Waals surface area contributed by atoms with Gasteiger partial charge in [0, 0.05) is 5.92 Å². The van der Waals surface area contributed by atoms with Gasteiger partial charge in [0.25, 0.3) is 0 Å². The fraction of sp³-hybridized carbons (Fsp3) is 0.800. The lowest BCUT2D eigenvalue weighted by molar-refractivity contribution is 0.181. The van der Waals surface area contributed by atoms with Crippen LogP contribution in [0.2, 0.25) is 0 Å². The number of hydrogen-bond donors (Lipinski definition) is 2. The summed E-state index contributed by atoms with van der Waals surface area (Å²) in [6, 6.07) is 1.72. The molecule has 0 saturated heterocycles. The Labute approximate surface area is 54.5 Å². The molecule has 0 amide bonds. The van der Waals surface area contributed by atoms with Crippen LogP contribution >= 0.6 is 12.6 Å².